The third kappa shape index (κ3) is 3.28. The lowest BCUT2D eigenvalue weighted by atomic mass is 10.1. The van der Waals surface area contributed by atoms with Crippen LogP contribution in [0.4, 0.5) is 5.69 Å². The number of rotatable bonds is 3. The Hall–Kier alpha value is -2.28. The molecule has 0 unspecified atom stereocenters. The highest BCUT2D eigenvalue weighted by molar-refractivity contribution is 6.46. The Kier molecular flexibility index (Phi) is 4.85. The van der Waals surface area contributed by atoms with E-state index in [1.54, 1.807) is 6.21 Å². The summed E-state index contributed by atoms with van der Waals surface area (Å²) in [4.78, 5) is 19.3. The maximum atomic E-state index is 12.2. The van der Waals surface area contributed by atoms with Crippen molar-refractivity contribution in [3.8, 4) is 0 Å². The molecule has 1 aromatic carbocycles. The predicted molar refractivity (Wildman–Crippen MR) is 102 cm³/mol. The summed E-state index contributed by atoms with van der Waals surface area (Å²) >= 11 is 17.7. The zero-order valence-corrected chi connectivity index (χ0v) is 15.2. The van der Waals surface area contributed by atoms with E-state index < -0.39 is 5.91 Å². The highest BCUT2D eigenvalue weighted by Gasteiger charge is 2.19. The molecule has 0 spiro atoms. The number of hydrogen-bond donors (Lipinski definition) is 3. The van der Waals surface area contributed by atoms with Crippen LogP contribution in [0.25, 0.3) is 10.9 Å². The monoisotopic (exact) mass is 395 g/mol. The molecule has 4 N–H and O–H groups in total. The van der Waals surface area contributed by atoms with Crippen LogP contribution >= 0.6 is 34.8 Å². The van der Waals surface area contributed by atoms with Gasteiger partial charge in [-0.1, -0.05) is 53.0 Å². The maximum Gasteiger partial charge on any atom is 0.291 e. The average molecular weight is 397 g/mol. The number of nitrogens with one attached hydrogen (secondary N) is 2. The van der Waals surface area contributed by atoms with Gasteiger partial charge < -0.3 is 10.7 Å². The number of nitrogens with two attached hydrogens (primary N) is 1. The van der Waals surface area contributed by atoms with Crippen LogP contribution in [-0.2, 0) is 0 Å². The van der Waals surface area contributed by atoms with Crippen molar-refractivity contribution >= 4 is 63.5 Å². The molecule has 0 aliphatic carbocycles. The molecule has 0 aliphatic heterocycles. The first kappa shape index (κ1) is 17.5. The number of para-hydroxylation sites is 1. The topological polar surface area (TPSA) is 96.2 Å². The molecule has 2 aromatic heterocycles. The van der Waals surface area contributed by atoms with E-state index in [0.29, 0.717) is 0 Å². The molecule has 0 saturated carbocycles. The molecule has 0 radical (unpaired) electrons. The number of fused-ring (bicyclic) bond motifs is 1. The summed E-state index contributed by atoms with van der Waals surface area (Å²) in [6, 6.07) is 7.78. The normalized spacial score (nSPS) is 11.4. The summed E-state index contributed by atoms with van der Waals surface area (Å²) in [5, 5.41) is 4.77. The van der Waals surface area contributed by atoms with Gasteiger partial charge >= 0.3 is 0 Å². The number of nitrogen functional groups attached to an aromatic ring is 1. The Morgan fingerprint density at radius 1 is 1.28 bits per heavy atom. The number of nitrogens with zero attached hydrogens (tertiary/aromatic N) is 2. The smallest absolute Gasteiger partial charge is 0.291 e. The standard InChI is InChI=1S/C16H12Cl3N5O/c1-7-9(8-4-2-3-5-10(8)22-7)6-21-24-16(25)14-11(17)13(20)12(18)15(19)23-14/h2-6,22H,1H3,(H2,20,23)(H,24,25)/b21-6+. The molecule has 2 heterocycles. The van der Waals surface area contributed by atoms with Crippen LogP contribution < -0.4 is 11.2 Å². The number of carbonyl (C=O) groups excluding carboxylic acids is 1. The number of hydrogen-bond acceptors (Lipinski definition) is 4. The first-order valence-corrected chi connectivity index (χ1v) is 8.24. The van der Waals surface area contributed by atoms with Gasteiger partial charge in [0.05, 0.1) is 16.9 Å². The minimum atomic E-state index is -0.649. The van der Waals surface area contributed by atoms with E-state index in [4.69, 9.17) is 40.5 Å². The van der Waals surface area contributed by atoms with Gasteiger partial charge in [0.1, 0.15) is 5.02 Å². The fourth-order valence-corrected chi connectivity index (χ4v) is 2.95. The Bertz CT molecular complexity index is 1010. The first-order chi connectivity index (χ1) is 11.9. The lowest BCUT2D eigenvalue weighted by Gasteiger charge is -2.07. The SMILES string of the molecule is Cc1[nH]c2ccccc2c1/C=N/NC(=O)c1nc(Cl)c(Cl)c(N)c1Cl. The van der Waals surface area contributed by atoms with Crippen molar-refractivity contribution in [1.82, 2.24) is 15.4 Å². The van der Waals surface area contributed by atoms with Gasteiger partial charge in [-0.3, -0.25) is 4.79 Å². The Morgan fingerprint density at radius 3 is 2.76 bits per heavy atom. The van der Waals surface area contributed by atoms with Crippen molar-refractivity contribution in [3.63, 3.8) is 0 Å². The summed E-state index contributed by atoms with van der Waals surface area (Å²) in [7, 11) is 0. The Morgan fingerprint density at radius 2 is 2.00 bits per heavy atom. The molecule has 0 bridgehead atoms. The second kappa shape index (κ2) is 6.92. The van der Waals surface area contributed by atoms with Gasteiger partial charge in [0.25, 0.3) is 5.91 Å². The molecular weight excluding hydrogens is 385 g/mol. The van der Waals surface area contributed by atoms with E-state index in [1.165, 1.54) is 0 Å². The second-order valence-electron chi connectivity index (χ2n) is 5.20. The van der Waals surface area contributed by atoms with E-state index in [-0.39, 0.29) is 26.6 Å². The molecule has 0 saturated heterocycles. The molecular formula is C16H12Cl3N5O. The van der Waals surface area contributed by atoms with Crippen LogP contribution in [0.3, 0.4) is 0 Å². The minimum absolute atomic E-state index is 0.00105. The number of benzene rings is 1. The van der Waals surface area contributed by atoms with Crippen LogP contribution in [-0.4, -0.2) is 22.1 Å². The molecule has 0 atom stereocenters. The number of hydrazone groups is 1. The lowest BCUT2D eigenvalue weighted by Crippen LogP contribution is -2.20. The van der Waals surface area contributed by atoms with Crippen molar-refractivity contribution in [1.29, 1.82) is 0 Å². The molecule has 6 nitrogen and oxygen atoms in total. The second-order valence-corrected chi connectivity index (χ2v) is 6.32. The van der Waals surface area contributed by atoms with Crippen LogP contribution in [0.5, 0.6) is 0 Å². The quantitative estimate of drug-likeness (QED) is 0.352. The Balaban J connectivity index is 1.85. The van der Waals surface area contributed by atoms with Gasteiger partial charge in [-0.2, -0.15) is 5.10 Å². The fraction of sp³-hybridized carbons (Fsp3) is 0.0625. The number of pyridine rings is 1. The van der Waals surface area contributed by atoms with Gasteiger partial charge in [0.2, 0.25) is 0 Å². The number of aromatic amines is 1. The van der Waals surface area contributed by atoms with Crippen molar-refractivity contribution in [2.24, 2.45) is 5.10 Å². The van der Waals surface area contributed by atoms with E-state index in [0.717, 1.165) is 22.2 Å². The highest BCUT2D eigenvalue weighted by Crippen LogP contribution is 2.34. The van der Waals surface area contributed by atoms with Crippen LogP contribution in [0, 0.1) is 6.92 Å². The van der Waals surface area contributed by atoms with E-state index in [2.05, 4.69) is 20.5 Å². The van der Waals surface area contributed by atoms with Gasteiger partial charge in [-0.15, -0.1) is 0 Å². The summed E-state index contributed by atoms with van der Waals surface area (Å²) < 4.78 is 0. The Labute approximate surface area is 158 Å². The predicted octanol–water partition coefficient (Wildman–Crippen LogP) is 4.18. The average Bonchev–Trinajstić information content (AvgIpc) is 2.91. The fourth-order valence-electron chi connectivity index (χ4n) is 2.35. The number of H-pyrrole nitrogens is 1. The molecule has 1 amide bonds. The number of halogens is 3. The number of aromatic nitrogens is 2. The van der Waals surface area contributed by atoms with Crippen molar-refractivity contribution in [2.45, 2.75) is 6.92 Å². The van der Waals surface area contributed by atoms with Crippen molar-refractivity contribution in [3.05, 3.63) is 56.4 Å². The van der Waals surface area contributed by atoms with E-state index in [1.807, 2.05) is 31.2 Å². The third-order valence-corrected chi connectivity index (χ3v) is 4.73. The lowest BCUT2D eigenvalue weighted by molar-refractivity contribution is 0.0950. The van der Waals surface area contributed by atoms with Crippen molar-refractivity contribution in [2.75, 3.05) is 5.73 Å². The first-order valence-electron chi connectivity index (χ1n) is 7.10. The number of carbonyl (C=O) groups is 1. The van der Waals surface area contributed by atoms with E-state index >= 15 is 0 Å². The highest BCUT2D eigenvalue weighted by atomic mass is 35.5. The molecule has 3 rings (SSSR count). The van der Waals surface area contributed by atoms with Crippen molar-refractivity contribution < 1.29 is 4.79 Å². The summed E-state index contributed by atoms with van der Waals surface area (Å²) in [6.45, 7) is 1.92. The zero-order valence-electron chi connectivity index (χ0n) is 12.9. The van der Waals surface area contributed by atoms with Crippen LogP contribution in [0.15, 0.2) is 29.4 Å². The summed E-state index contributed by atoms with van der Waals surface area (Å²) in [5.41, 5.74) is 10.7. The molecule has 9 heteroatoms. The van der Waals surface area contributed by atoms with Crippen LogP contribution in [0.2, 0.25) is 15.2 Å². The number of aryl methyl sites for hydroxylation is 1. The maximum absolute atomic E-state index is 12.2. The largest absolute Gasteiger partial charge is 0.396 e. The molecule has 0 fully saturated rings. The third-order valence-electron chi connectivity index (χ3n) is 3.59. The van der Waals surface area contributed by atoms with E-state index in [9.17, 15) is 4.79 Å². The molecule has 128 valence electrons. The van der Waals surface area contributed by atoms with Gasteiger partial charge in [0.15, 0.2) is 10.8 Å². The number of amides is 1. The summed E-state index contributed by atoms with van der Waals surface area (Å²) in [6.07, 6.45) is 1.54. The summed E-state index contributed by atoms with van der Waals surface area (Å²) in [5.74, 6) is -0.649. The minimum Gasteiger partial charge on any atom is -0.396 e. The van der Waals surface area contributed by atoms with Gasteiger partial charge in [-0.25, -0.2) is 10.4 Å². The zero-order chi connectivity index (χ0) is 18.1. The van der Waals surface area contributed by atoms with Crippen LogP contribution in [0.1, 0.15) is 21.7 Å². The number of anilines is 1. The molecule has 3 aromatic rings. The van der Waals surface area contributed by atoms with Gasteiger partial charge in [0, 0.05) is 22.2 Å². The molecule has 25 heavy (non-hydrogen) atoms. The van der Waals surface area contributed by atoms with Gasteiger partial charge in [-0.05, 0) is 13.0 Å². The molecule has 0 aliphatic rings.